The first-order valence-corrected chi connectivity index (χ1v) is 21.0. The van der Waals surface area contributed by atoms with E-state index in [0.29, 0.717) is 40.2 Å². The van der Waals surface area contributed by atoms with Crippen LogP contribution in [0.4, 0.5) is 0 Å². The molecule has 0 aromatic rings. The Morgan fingerprint density at radius 3 is 1.41 bits per heavy atom. The Balaban J connectivity index is 0.000000155. The number of ketones is 2. The van der Waals surface area contributed by atoms with Crippen LogP contribution in [-0.4, -0.2) is 34.9 Å². The number of aliphatic hydroxyl groups is 1. The molecule has 0 saturated heterocycles. The standard InChI is InChI=1S/C23H36O3.C21H34O2/c1-14(24)19-7-8-20-18-6-5-16-13-17(26-15(2)25)9-11-22(16,3)21(18)10-12-23(19,20)4;1-13(22)17-6-7-18-16-5-4-14-12-15(23)8-10-20(14,2)19(16)9-11-21(17,18)3/h16-21H,5-13H2,1-4H3;14-19,23H,4-12H2,1-3H3/t16-,17+,18?,19+,20?,21?,22-,23+;14-,15-,16?,17+,18?,19?,20-,21+/m00/s1. The van der Waals surface area contributed by atoms with E-state index in [1.54, 1.807) is 0 Å². The van der Waals surface area contributed by atoms with E-state index in [-0.39, 0.29) is 29.0 Å². The molecule has 276 valence electrons. The minimum Gasteiger partial charge on any atom is -0.463 e. The smallest absolute Gasteiger partial charge is 0.302 e. The number of carbonyl (C=O) groups excluding carboxylic acids is 3. The first-order valence-electron chi connectivity index (χ1n) is 21.0. The van der Waals surface area contributed by atoms with Crippen LogP contribution in [0.3, 0.4) is 0 Å². The summed E-state index contributed by atoms with van der Waals surface area (Å²) >= 11 is 0. The maximum absolute atomic E-state index is 12.2. The van der Waals surface area contributed by atoms with Crippen LogP contribution in [0.25, 0.3) is 0 Å². The molecule has 8 aliphatic carbocycles. The Kier molecular flexibility index (Phi) is 9.60. The zero-order valence-corrected chi connectivity index (χ0v) is 32.2. The fourth-order valence-electron chi connectivity index (χ4n) is 16.1. The van der Waals surface area contributed by atoms with Crippen molar-refractivity contribution < 1.29 is 24.2 Å². The number of fused-ring (bicyclic) bond motifs is 10. The highest BCUT2D eigenvalue weighted by Gasteiger charge is 2.62. The highest BCUT2D eigenvalue weighted by atomic mass is 16.5. The number of Topliss-reactive ketones (excluding diaryl/α,β-unsaturated/α-hetero) is 2. The lowest BCUT2D eigenvalue weighted by Crippen LogP contribution is -2.54. The molecule has 5 nitrogen and oxygen atoms in total. The van der Waals surface area contributed by atoms with E-state index in [0.717, 1.165) is 80.0 Å². The molecule has 0 aromatic heterocycles. The van der Waals surface area contributed by atoms with Gasteiger partial charge in [-0.3, -0.25) is 14.4 Å². The maximum atomic E-state index is 12.2. The van der Waals surface area contributed by atoms with Gasteiger partial charge in [-0.2, -0.15) is 0 Å². The van der Waals surface area contributed by atoms with Gasteiger partial charge >= 0.3 is 5.97 Å². The van der Waals surface area contributed by atoms with Gasteiger partial charge in [-0.05, 0) is 198 Å². The van der Waals surface area contributed by atoms with Gasteiger partial charge in [0.1, 0.15) is 17.7 Å². The van der Waals surface area contributed by atoms with E-state index in [4.69, 9.17) is 4.74 Å². The number of hydrogen-bond acceptors (Lipinski definition) is 5. The topological polar surface area (TPSA) is 80.7 Å². The normalized spacial score (nSPS) is 52.8. The molecular weight excluding hydrogens is 608 g/mol. The third-order valence-corrected chi connectivity index (χ3v) is 18.6. The highest BCUT2D eigenvalue weighted by molar-refractivity contribution is 5.80. The van der Waals surface area contributed by atoms with Gasteiger partial charge in [-0.25, -0.2) is 0 Å². The van der Waals surface area contributed by atoms with E-state index in [9.17, 15) is 19.5 Å². The molecule has 8 fully saturated rings. The predicted octanol–water partition coefficient (Wildman–Crippen LogP) is 9.76. The van der Waals surface area contributed by atoms with Crippen LogP contribution in [-0.2, 0) is 19.1 Å². The number of carbonyl (C=O) groups is 3. The Morgan fingerprint density at radius 2 is 0.939 bits per heavy atom. The van der Waals surface area contributed by atoms with Gasteiger partial charge in [-0.15, -0.1) is 0 Å². The van der Waals surface area contributed by atoms with Crippen molar-refractivity contribution in [2.75, 3.05) is 0 Å². The van der Waals surface area contributed by atoms with Crippen molar-refractivity contribution in [3.63, 3.8) is 0 Å². The summed E-state index contributed by atoms with van der Waals surface area (Å²) in [6, 6.07) is 0. The molecule has 0 aromatic carbocycles. The van der Waals surface area contributed by atoms with Crippen LogP contribution in [0.5, 0.6) is 0 Å². The average Bonchev–Trinajstić information content (AvgIpc) is 3.59. The second-order valence-corrected chi connectivity index (χ2v) is 20.3. The molecule has 0 amide bonds. The van der Waals surface area contributed by atoms with Crippen LogP contribution in [0, 0.1) is 80.8 Å². The van der Waals surface area contributed by atoms with Crippen molar-refractivity contribution in [2.45, 2.75) is 176 Å². The number of aliphatic hydroxyl groups excluding tert-OH is 1. The molecule has 8 rings (SSSR count). The Hall–Kier alpha value is -1.23. The molecule has 6 unspecified atom stereocenters. The van der Waals surface area contributed by atoms with Crippen molar-refractivity contribution in [3.05, 3.63) is 0 Å². The van der Waals surface area contributed by atoms with Crippen molar-refractivity contribution in [2.24, 2.45) is 80.8 Å². The largest absolute Gasteiger partial charge is 0.463 e. The second-order valence-electron chi connectivity index (χ2n) is 20.3. The molecule has 0 spiro atoms. The molecule has 49 heavy (non-hydrogen) atoms. The number of ether oxygens (including phenoxy) is 1. The zero-order valence-electron chi connectivity index (χ0n) is 32.2. The summed E-state index contributed by atoms with van der Waals surface area (Å²) < 4.78 is 5.57. The third kappa shape index (κ3) is 5.83. The number of rotatable bonds is 3. The first kappa shape index (κ1) is 36.1. The van der Waals surface area contributed by atoms with Gasteiger partial charge in [-0.1, -0.05) is 27.7 Å². The lowest BCUT2D eigenvalue weighted by Gasteiger charge is -2.61. The Morgan fingerprint density at radius 1 is 0.510 bits per heavy atom. The average molecular weight is 679 g/mol. The highest BCUT2D eigenvalue weighted by Crippen LogP contribution is 2.69. The van der Waals surface area contributed by atoms with E-state index in [1.165, 1.54) is 84.0 Å². The summed E-state index contributed by atoms with van der Waals surface area (Å²) in [5, 5.41) is 10.1. The molecule has 1 N–H and O–H groups in total. The molecule has 8 saturated carbocycles. The molecule has 0 bridgehead atoms. The molecular formula is C44H70O5. The monoisotopic (exact) mass is 679 g/mol. The zero-order chi connectivity index (χ0) is 35.1. The van der Waals surface area contributed by atoms with E-state index >= 15 is 0 Å². The van der Waals surface area contributed by atoms with Gasteiger partial charge < -0.3 is 9.84 Å². The minimum atomic E-state index is -0.123. The molecule has 16 atom stereocenters. The van der Waals surface area contributed by atoms with Gasteiger partial charge in [0.05, 0.1) is 6.10 Å². The molecule has 5 heteroatoms. The molecule has 0 radical (unpaired) electrons. The quantitative estimate of drug-likeness (QED) is 0.301. The minimum absolute atomic E-state index is 0.0490. The fraction of sp³-hybridized carbons (Fsp3) is 0.932. The molecule has 0 heterocycles. The van der Waals surface area contributed by atoms with Crippen molar-refractivity contribution in [1.82, 2.24) is 0 Å². The van der Waals surface area contributed by atoms with Crippen LogP contribution in [0.2, 0.25) is 0 Å². The second kappa shape index (κ2) is 13.0. The summed E-state index contributed by atoms with van der Waals surface area (Å²) in [6.07, 6.45) is 21.9. The van der Waals surface area contributed by atoms with Crippen LogP contribution in [0.15, 0.2) is 0 Å². The summed E-state index contributed by atoms with van der Waals surface area (Å²) in [5.41, 5.74) is 1.41. The lowest BCUT2D eigenvalue weighted by molar-refractivity contribution is -0.161. The van der Waals surface area contributed by atoms with Crippen molar-refractivity contribution in [3.8, 4) is 0 Å². The summed E-state index contributed by atoms with van der Waals surface area (Å²) in [5.74, 6) is 7.65. The summed E-state index contributed by atoms with van der Waals surface area (Å²) in [7, 11) is 0. The van der Waals surface area contributed by atoms with Gasteiger partial charge in [0.15, 0.2) is 0 Å². The summed E-state index contributed by atoms with van der Waals surface area (Å²) in [4.78, 5) is 35.8. The molecule has 0 aliphatic heterocycles. The number of hydrogen-bond donors (Lipinski definition) is 1. The number of esters is 1. The van der Waals surface area contributed by atoms with Crippen molar-refractivity contribution in [1.29, 1.82) is 0 Å². The summed E-state index contributed by atoms with van der Waals surface area (Å²) in [6.45, 7) is 15.1. The van der Waals surface area contributed by atoms with E-state index in [1.807, 2.05) is 13.8 Å². The van der Waals surface area contributed by atoms with Gasteiger partial charge in [0, 0.05) is 18.8 Å². The SMILES string of the molecule is CC(=O)O[C@@H]1CC[C@]2(C)C3CC[C@@]4(C)C(CC[C@@H]4C(C)=O)C3CC[C@H]2C1.CC(=O)[C@H]1CCC2C3CC[C@H]4C[C@@H](O)CC[C@]4(C)C3CC[C@@]21C. The van der Waals surface area contributed by atoms with Gasteiger partial charge in [0.2, 0.25) is 0 Å². The molecule has 8 aliphatic rings. The fourth-order valence-corrected chi connectivity index (χ4v) is 16.1. The first-order chi connectivity index (χ1) is 23.1. The van der Waals surface area contributed by atoms with Crippen LogP contribution < -0.4 is 0 Å². The van der Waals surface area contributed by atoms with Gasteiger partial charge in [0.25, 0.3) is 0 Å². The lowest BCUT2D eigenvalue weighted by atomic mass is 9.44. The Labute approximate surface area is 298 Å². The third-order valence-electron chi connectivity index (χ3n) is 18.6. The van der Waals surface area contributed by atoms with E-state index < -0.39 is 0 Å². The predicted molar refractivity (Wildman–Crippen MR) is 193 cm³/mol. The van der Waals surface area contributed by atoms with Crippen LogP contribution in [0.1, 0.15) is 164 Å². The Bertz CT molecular complexity index is 1290. The maximum Gasteiger partial charge on any atom is 0.302 e. The van der Waals surface area contributed by atoms with Crippen LogP contribution >= 0.6 is 0 Å². The van der Waals surface area contributed by atoms with E-state index in [2.05, 4.69) is 27.7 Å². The van der Waals surface area contributed by atoms with Crippen molar-refractivity contribution >= 4 is 17.5 Å².